The number of fused-ring (bicyclic) bond motifs is 1. The Morgan fingerprint density at radius 3 is 2.47 bits per heavy atom. The first-order valence-corrected chi connectivity index (χ1v) is 7.87. The second kappa shape index (κ2) is 7.06. The van der Waals surface area contributed by atoms with Crippen LogP contribution >= 0.6 is 15.9 Å². The van der Waals surface area contributed by atoms with Gasteiger partial charge in [0.05, 0.1) is 0 Å². The van der Waals surface area contributed by atoms with Gasteiger partial charge in [0.1, 0.15) is 0 Å². The number of hydrogen-bond donors (Lipinski definition) is 1. The van der Waals surface area contributed by atoms with Crippen molar-refractivity contribution in [2.75, 3.05) is 6.54 Å². The van der Waals surface area contributed by atoms with Gasteiger partial charge in [-0.25, -0.2) is 0 Å². The zero-order chi connectivity index (χ0) is 13.7. The van der Waals surface area contributed by atoms with Crippen molar-refractivity contribution >= 4 is 26.7 Å². The van der Waals surface area contributed by atoms with Gasteiger partial charge < -0.3 is 5.32 Å². The molecule has 2 aromatic carbocycles. The number of benzene rings is 2. The summed E-state index contributed by atoms with van der Waals surface area (Å²) in [6.07, 6.45) is 3.64. The summed E-state index contributed by atoms with van der Waals surface area (Å²) in [5.74, 6) is 0. The monoisotopic (exact) mass is 319 g/mol. The smallest absolute Gasteiger partial charge is 0.0253 e. The number of nitrogens with one attached hydrogen (secondary N) is 1. The molecule has 2 aromatic rings. The molecule has 2 heteroatoms. The summed E-state index contributed by atoms with van der Waals surface area (Å²) in [6, 6.07) is 13.6. The minimum atomic E-state index is 0.591. The average Bonchev–Trinajstić information content (AvgIpc) is 2.41. The van der Waals surface area contributed by atoms with Crippen molar-refractivity contribution in [3.63, 3.8) is 0 Å². The van der Waals surface area contributed by atoms with Crippen LogP contribution in [0.4, 0.5) is 0 Å². The first kappa shape index (κ1) is 14.5. The summed E-state index contributed by atoms with van der Waals surface area (Å²) in [7, 11) is 0. The molecular formula is C17H22BrN. The van der Waals surface area contributed by atoms with Crippen molar-refractivity contribution in [1.29, 1.82) is 0 Å². The summed E-state index contributed by atoms with van der Waals surface area (Å²) < 4.78 is 1.19. The molecule has 0 atom stereocenters. The van der Waals surface area contributed by atoms with Gasteiger partial charge in [0.2, 0.25) is 0 Å². The number of rotatable bonds is 6. The Morgan fingerprint density at radius 2 is 1.74 bits per heavy atom. The van der Waals surface area contributed by atoms with E-state index in [1.54, 1.807) is 0 Å². The second-order valence-corrected chi connectivity index (χ2v) is 6.17. The molecule has 1 nitrogen and oxygen atoms in total. The predicted molar refractivity (Wildman–Crippen MR) is 87.7 cm³/mol. The molecule has 0 spiro atoms. The van der Waals surface area contributed by atoms with Gasteiger partial charge in [-0.1, -0.05) is 60.1 Å². The molecule has 0 aliphatic heterocycles. The Balaban J connectivity index is 1.99. The van der Waals surface area contributed by atoms with E-state index < -0.39 is 0 Å². The van der Waals surface area contributed by atoms with Crippen LogP contribution in [0.5, 0.6) is 0 Å². The highest BCUT2D eigenvalue weighted by Gasteiger charge is 2.03. The van der Waals surface area contributed by atoms with Crippen LogP contribution in [0.15, 0.2) is 40.9 Å². The van der Waals surface area contributed by atoms with E-state index in [0.29, 0.717) is 6.04 Å². The normalized spacial score (nSPS) is 11.4. The Morgan fingerprint density at radius 1 is 1.00 bits per heavy atom. The molecule has 0 aliphatic rings. The highest BCUT2D eigenvalue weighted by atomic mass is 79.9. The molecular weight excluding hydrogens is 298 g/mol. The molecule has 19 heavy (non-hydrogen) atoms. The van der Waals surface area contributed by atoms with Gasteiger partial charge in [0.15, 0.2) is 0 Å². The number of hydrogen-bond acceptors (Lipinski definition) is 1. The molecule has 1 N–H and O–H groups in total. The van der Waals surface area contributed by atoms with Crippen LogP contribution in [-0.4, -0.2) is 12.6 Å². The standard InChI is InChI=1S/C17H22BrN/c1-13(2)19-12-6-5-7-14-10-11-17(18)16-9-4-3-8-15(14)16/h3-4,8-11,13,19H,5-7,12H2,1-2H3. The van der Waals surface area contributed by atoms with Crippen molar-refractivity contribution < 1.29 is 0 Å². The Hall–Kier alpha value is -0.860. The molecule has 102 valence electrons. The van der Waals surface area contributed by atoms with E-state index in [9.17, 15) is 0 Å². The lowest BCUT2D eigenvalue weighted by atomic mass is 10.0. The quantitative estimate of drug-likeness (QED) is 0.745. The van der Waals surface area contributed by atoms with Crippen molar-refractivity contribution in [1.82, 2.24) is 5.32 Å². The highest BCUT2D eigenvalue weighted by molar-refractivity contribution is 9.10. The van der Waals surface area contributed by atoms with Gasteiger partial charge in [-0.15, -0.1) is 0 Å². The summed E-state index contributed by atoms with van der Waals surface area (Å²) >= 11 is 3.63. The van der Waals surface area contributed by atoms with Crippen LogP contribution < -0.4 is 5.32 Å². The van der Waals surface area contributed by atoms with Crippen molar-refractivity contribution in [3.05, 3.63) is 46.4 Å². The van der Waals surface area contributed by atoms with Crippen LogP contribution in [0.2, 0.25) is 0 Å². The lowest BCUT2D eigenvalue weighted by Gasteiger charge is -2.10. The van der Waals surface area contributed by atoms with Crippen LogP contribution in [0.1, 0.15) is 32.3 Å². The van der Waals surface area contributed by atoms with Gasteiger partial charge in [-0.2, -0.15) is 0 Å². The fraction of sp³-hybridized carbons (Fsp3) is 0.412. The molecule has 0 aliphatic carbocycles. The fourth-order valence-corrected chi connectivity index (χ4v) is 2.85. The minimum Gasteiger partial charge on any atom is -0.315 e. The maximum Gasteiger partial charge on any atom is 0.0253 e. The maximum absolute atomic E-state index is 3.63. The van der Waals surface area contributed by atoms with Crippen molar-refractivity contribution in [3.8, 4) is 0 Å². The molecule has 0 aromatic heterocycles. The van der Waals surface area contributed by atoms with Crippen molar-refractivity contribution in [2.45, 2.75) is 39.2 Å². The third-order valence-corrected chi connectivity index (χ3v) is 4.08. The van der Waals surface area contributed by atoms with Crippen LogP contribution in [0.25, 0.3) is 10.8 Å². The van der Waals surface area contributed by atoms with E-state index in [2.05, 4.69) is 71.5 Å². The van der Waals surface area contributed by atoms with E-state index in [0.717, 1.165) is 13.0 Å². The van der Waals surface area contributed by atoms with Gasteiger partial charge in [0.25, 0.3) is 0 Å². The van der Waals surface area contributed by atoms with Crippen LogP contribution in [-0.2, 0) is 6.42 Å². The third kappa shape index (κ3) is 4.05. The first-order chi connectivity index (χ1) is 9.18. The minimum absolute atomic E-state index is 0.591. The molecule has 0 unspecified atom stereocenters. The fourth-order valence-electron chi connectivity index (χ4n) is 2.37. The van der Waals surface area contributed by atoms with E-state index in [-0.39, 0.29) is 0 Å². The summed E-state index contributed by atoms with van der Waals surface area (Å²) in [5, 5.41) is 6.17. The zero-order valence-electron chi connectivity index (χ0n) is 11.7. The molecule has 0 fully saturated rings. The molecule has 0 amide bonds. The SMILES string of the molecule is CC(C)NCCCCc1ccc(Br)c2ccccc12. The summed E-state index contributed by atoms with van der Waals surface area (Å²) in [5.41, 5.74) is 1.46. The molecule has 0 radical (unpaired) electrons. The van der Waals surface area contributed by atoms with E-state index in [1.165, 1.54) is 33.7 Å². The summed E-state index contributed by atoms with van der Waals surface area (Å²) in [4.78, 5) is 0. The van der Waals surface area contributed by atoms with Crippen LogP contribution in [0.3, 0.4) is 0 Å². The molecule has 2 rings (SSSR count). The topological polar surface area (TPSA) is 12.0 Å². The lowest BCUT2D eigenvalue weighted by molar-refractivity contribution is 0.558. The Labute approximate surface area is 124 Å². The maximum atomic E-state index is 3.63. The van der Waals surface area contributed by atoms with E-state index >= 15 is 0 Å². The van der Waals surface area contributed by atoms with Gasteiger partial charge in [-0.05, 0) is 48.2 Å². The summed E-state index contributed by atoms with van der Waals surface area (Å²) in [6.45, 7) is 5.51. The highest BCUT2D eigenvalue weighted by Crippen LogP contribution is 2.27. The predicted octanol–water partition coefficient (Wildman–Crippen LogP) is 4.92. The number of aryl methyl sites for hydroxylation is 1. The molecule has 0 saturated heterocycles. The van der Waals surface area contributed by atoms with E-state index in [4.69, 9.17) is 0 Å². The Kier molecular flexibility index (Phi) is 5.41. The number of halogens is 1. The van der Waals surface area contributed by atoms with Gasteiger partial charge >= 0.3 is 0 Å². The largest absolute Gasteiger partial charge is 0.315 e. The van der Waals surface area contributed by atoms with E-state index in [1.807, 2.05) is 0 Å². The average molecular weight is 320 g/mol. The van der Waals surface area contributed by atoms with Gasteiger partial charge in [0, 0.05) is 10.5 Å². The lowest BCUT2D eigenvalue weighted by Crippen LogP contribution is -2.23. The second-order valence-electron chi connectivity index (χ2n) is 5.32. The Bertz CT molecular complexity index is 534. The van der Waals surface area contributed by atoms with Crippen LogP contribution in [0, 0.1) is 0 Å². The number of unbranched alkanes of at least 4 members (excludes halogenated alkanes) is 1. The first-order valence-electron chi connectivity index (χ1n) is 7.08. The molecule has 0 heterocycles. The third-order valence-electron chi connectivity index (χ3n) is 3.39. The zero-order valence-corrected chi connectivity index (χ0v) is 13.3. The van der Waals surface area contributed by atoms with Gasteiger partial charge in [-0.3, -0.25) is 0 Å². The van der Waals surface area contributed by atoms with Crippen molar-refractivity contribution in [2.24, 2.45) is 0 Å². The molecule has 0 bridgehead atoms. The molecule has 0 saturated carbocycles.